The number of hydrogen-bond donors (Lipinski definition) is 8. The summed E-state index contributed by atoms with van der Waals surface area (Å²) in [5, 5.41) is 24.7. The second kappa shape index (κ2) is 13.8. The molecule has 0 aliphatic rings. The third-order valence-corrected chi connectivity index (χ3v) is 4.85. The normalized spacial score (nSPS) is 14.1. The number of carbonyl (C=O) groups excluding carboxylic acids is 4. The topological polar surface area (TPSA) is 231 Å². The first kappa shape index (κ1) is 28.4. The summed E-state index contributed by atoms with van der Waals surface area (Å²) in [5.74, 6) is -7.03. The van der Waals surface area contributed by atoms with Gasteiger partial charge < -0.3 is 37.6 Å². The first-order valence-corrected chi connectivity index (χ1v) is 10.6. The summed E-state index contributed by atoms with van der Waals surface area (Å²) in [4.78, 5) is 70.8. The van der Waals surface area contributed by atoms with Crippen LogP contribution < -0.4 is 27.4 Å². The lowest BCUT2D eigenvalue weighted by molar-refractivity contribution is -0.144. The van der Waals surface area contributed by atoms with Crippen molar-refractivity contribution in [3.63, 3.8) is 0 Å². The van der Waals surface area contributed by atoms with Crippen molar-refractivity contribution >= 4 is 48.2 Å². The molecule has 0 aromatic heterocycles. The standard InChI is InChI=1S/C20H27N5O8S/c21-11(6-10-4-2-1-3-5-10)17(29)23-12(8-16(27)28)18(30)25-14(9-34)19(31)24-13(20(32)33)7-15(22)26/h1-5,11-14,34H,6-9,21H2,(H2,22,26)(H,23,29)(H,24,31)(H,25,30)(H,27,28)(H,32,33). The van der Waals surface area contributed by atoms with Gasteiger partial charge in [0.2, 0.25) is 23.6 Å². The maximum absolute atomic E-state index is 12.6. The number of hydrogen-bond acceptors (Lipinski definition) is 8. The zero-order valence-corrected chi connectivity index (χ0v) is 18.9. The number of aliphatic carboxylic acids is 2. The van der Waals surface area contributed by atoms with Crippen LogP contribution in [-0.4, -0.2) is 75.7 Å². The van der Waals surface area contributed by atoms with Crippen LogP contribution in [0.3, 0.4) is 0 Å². The molecule has 1 rings (SSSR count). The highest BCUT2D eigenvalue weighted by Gasteiger charge is 2.31. The minimum Gasteiger partial charge on any atom is -0.481 e. The van der Waals surface area contributed by atoms with E-state index < -0.39 is 72.6 Å². The summed E-state index contributed by atoms with van der Waals surface area (Å²) >= 11 is 3.93. The van der Waals surface area contributed by atoms with Gasteiger partial charge in [0.15, 0.2) is 0 Å². The summed E-state index contributed by atoms with van der Waals surface area (Å²) in [7, 11) is 0. The van der Waals surface area contributed by atoms with E-state index in [1.54, 1.807) is 30.3 Å². The van der Waals surface area contributed by atoms with Gasteiger partial charge in [-0.15, -0.1) is 0 Å². The van der Waals surface area contributed by atoms with E-state index in [-0.39, 0.29) is 12.2 Å². The van der Waals surface area contributed by atoms with E-state index in [1.165, 1.54) is 0 Å². The van der Waals surface area contributed by atoms with Crippen molar-refractivity contribution in [2.45, 2.75) is 43.4 Å². The van der Waals surface area contributed by atoms with Crippen molar-refractivity contribution in [3.8, 4) is 0 Å². The van der Waals surface area contributed by atoms with Gasteiger partial charge in [0.25, 0.3) is 0 Å². The number of primary amides is 1. The molecule has 0 aliphatic carbocycles. The Labute approximate surface area is 200 Å². The molecule has 34 heavy (non-hydrogen) atoms. The number of amides is 4. The Balaban J connectivity index is 2.86. The maximum Gasteiger partial charge on any atom is 0.326 e. The van der Waals surface area contributed by atoms with E-state index in [1.807, 2.05) is 5.32 Å². The number of nitrogens with one attached hydrogen (secondary N) is 3. The van der Waals surface area contributed by atoms with Gasteiger partial charge in [-0.05, 0) is 12.0 Å². The van der Waals surface area contributed by atoms with E-state index in [9.17, 15) is 28.8 Å². The van der Waals surface area contributed by atoms with Crippen LogP contribution in [0, 0.1) is 0 Å². The smallest absolute Gasteiger partial charge is 0.326 e. The van der Waals surface area contributed by atoms with Crippen LogP contribution in [-0.2, 0) is 35.2 Å². The van der Waals surface area contributed by atoms with E-state index in [0.717, 1.165) is 5.56 Å². The SMILES string of the molecule is NC(=O)CC(NC(=O)C(CS)NC(=O)C(CC(=O)O)NC(=O)C(N)Cc1ccccc1)C(=O)O. The Morgan fingerprint density at radius 3 is 1.85 bits per heavy atom. The minimum absolute atomic E-state index is 0.131. The number of carboxylic acids is 2. The van der Waals surface area contributed by atoms with Crippen LogP contribution in [0.25, 0.3) is 0 Å². The van der Waals surface area contributed by atoms with E-state index >= 15 is 0 Å². The molecule has 0 saturated heterocycles. The molecule has 0 heterocycles. The van der Waals surface area contributed by atoms with Crippen LogP contribution >= 0.6 is 12.6 Å². The van der Waals surface area contributed by atoms with Crippen molar-refractivity contribution in [2.24, 2.45) is 11.5 Å². The Bertz CT molecular complexity index is 913. The fourth-order valence-electron chi connectivity index (χ4n) is 2.76. The molecule has 9 N–H and O–H groups in total. The molecule has 0 fully saturated rings. The van der Waals surface area contributed by atoms with Crippen LogP contribution in [0.15, 0.2) is 30.3 Å². The first-order valence-electron chi connectivity index (χ1n) is 9.99. The highest BCUT2D eigenvalue weighted by atomic mass is 32.1. The average Bonchev–Trinajstić information content (AvgIpc) is 2.76. The third-order valence-electron chi connectivity index (χ3n) is 4.48. The highest BCUT2D eigenvalue weighted by molar-refractivity contribution is 7.80. The maximum atomic E-state index is 12.6. The molecule has 14 heteroatoms. The van der Waals surface area contributed by atoms with Gasteiger partial charge in [0, 0.05) is 5.75 Å². The lowest BCUT2D eigenvalue weighted by atomic mass is 10.1. The monoisotopic (exact) mass is 497 g/mol. The summed E-state index contributed by atoms with van der Waals surface area (Å²) in [6.07, 6.45) is -1.37. The van der Waals surface area contributed by atoms with Crippen molar-refractivity contribution in [2.75, 3.05) is 5.75 Å². The van der Waals surface area contributed by atoms with Crippen LogP contribution in [0.5, 0.6) is 0 Å². The van der Waals surface area contributed by atoms with Gasteiger partial charge in [-0.1, -0.05) is 30.3 Å². The molecule has 13 nitrogen and oxygen atoms in total. The average molecular weight is 498 g/mol. The molecule has 1 aromatic carbocycles. The second-order valence-corrected chi connectivity index (χ2v) is 7.63. The Morgan fingerprint density at radius 2 is 1.35 bits per heavy atom. The summed E-state index contributed by atoms with van der Waals surface area (Å²) in [6, 6.07) is 3.06. The summed E-state index contributed by atoms with van der Waals surface area (Å²) in [6.45, 7) is 0. The first-order chi connectivity index (χ1) is 15.9. The van der Waals surface area contributed by atoms with Crippen LogP contribution in [0.1, 0.15) is 18.4 Å². The molecule has 0 spiro atoms. The van der Waals surface area contributed by atoms with Gasteiger partial charge in [0.05, 0.1) is 18.9 Å². The molecule has 186 valence electrons. The number of benzene rings is 1. The fourth-order valence-corrected chi connectivity index (χ4v) is 3.02. The van der Waals surface area contributed by atoms with Crippen molar-refractivity contribution < 1.29 is 39.0 Å². The number of rotatable bonds is 14. The van der Waals surface area contributed by atoms with Gasteiger partial charge in [-0.2, -0.15) is 12.6 Å². The molecule has 0 aliphatic heterocycles. The van der Waals surface area contributed by atoms with E-state index in [4.69, 9.17) is 21.7 Å². The lowest BCUT2D eigenvalue weighted by Crippen LogP contribution is -2.58. The number of thiol groups is 1. The third kappa shape index (κ3) is 9.87. The predicted octanol–water partition coefficient (Wildman–Crippen LogP) is -2.62. The Kier molecular flexibility index (Phi) is 11.5. The predicted molar refractivity (Wildman–Crippen MR) is 121 cm³/mol. The molecule has 4 amide bonds. The Hall–Kier alpha value is -3.65. The van der Waals surface area contributed by atoms with Crippen molar-refractivity contribution in [1.29, 1.82) is 0 Å². The number of carboxylic acid groups (broad SMARTS) is 2. The lowest BCUT2D eigenvalue weighted by Gasteiger charge is -2.23. The second-order valence-electron chi connectivity index (χ2n) is 7.27. The number of nitrogens with two attached hydrogens (primary N) is 2. The molecule has 4 atom stereocenters. The largest absolute Gasteiger partial charge is 0.481 e. The van der Waals surface area contributed by atoms with Gasteiger partial charge >= 0.3 is 11.9 Å². The molecule has 0 saturated carbocycles. The summed E-state index contributed by atoms with van der Waals surface area (Å²) < 4.78 is 0. The van der Waals surface area contributed by atoms with Gasteiger partial charge in [0.1, 0.15) is 18.1 Å². The van der Waals surface area contributed by atoms with Gasteiger partial charge in [-0.3, -0.25) is 24.0 Å². The van der Waals surface area contributed by atoms with Gasteiger partial charge in [-0.25, -0.2) is 4.79 Å². The molecule has 0 bridgehead atoms. The Morgan fingerprint density at radius 1 is 0.824 bits per heavy atom. The van der Waals surface area contributed by atoms with Crippen LogP contribution in [0.2, 0.25) is 0 Å². The fraction of sp³-hybridized carbons (Fsp3) is 0.400. The van der Waals surface area contributed by atoms with E-state index in [2.05, 4.69) is 23.3 Å². The minimum atomic E-state index is -1.64. The molecular weight excluding hydrogens is 470 g/mol. The van der Waals surface area contributed by atoms with Crippen molar-refractivity contribution in [3.05, 3.63) is 35.9 Å². The van der Waals surface area contributed by atoms with E-state index in [0.29, 0.717) is 0 Å². The zero-order chi connectivity index (χ0) is 25.8. The molecule has 1 aromatic rings. The number of carbonyl (C=O) groups is 6. The molecular formula is C20H27N5O8S. The zero-order valence-electron chi connectivity index (χ0n) is 18.0. The molecule has 0 radical (unpaired) electrons. The highest BCUT2D eigenvalue weighted by Crippen LogP contribution is 2.04. The molecule has 4 unspecified atom stereocenters. The van der Waals surface area contributed by atoms with Crippen LogP contribution in [0.4, 0.5) is 0 Å². The summed E-state index contributed by atoms with van der Waals surface area (Å²) in [5.41, 5.74) is 11.6. The quantitative estimate of drug-likeness (QED) is 0.125. The van der Waals surface area contributed by atoms with Crippen molar-refractivity contribution in [1.82, 2.24) is 16.0 Å².